The van der Waals surface area contributed by atoms with Crippen LogP contribution in [0.1, 0.15) is 30.9 Å². The molecule has 2 aromatic rings. The number of hydrogen-bond donors (Lipinski definition) is 1. The van der Waals surface area contributed by atoms with Gasteiger partial charge in [-0.1, -0.05) is 42.8 Å². The van der Waals surface area contributed by atoms with E-state index >= 15 is 0 Å². The highest BCUT2D eigenvalue weighted by Crippen LogP contribution is 2.23. The van der Waals surface area contributed by atoms with Gasteiger partial charge in [-0.25, -0.2) is 4.39 Å². The molecule has 2 aromatic carbocycles. The van der Waals surface area contributed by atoms with Gasteiger partial charge in [-0.15, -0.1) is 0 Å². The molecule has 1 N–H and O–H groups in total. The lowest BCUT2D eigenvalue weighted by Gasteiger charge is -2.23. The summed E-state index contributed by atoms with van der Waals surface area (Å²) in [4.78, 5) is 2.53. The highest BCUT2D eigenvalue weighted by molar-refractivity contribution is 6.31. The summed E-state index contributed by atoms with van der Waals surface area (Å²) in [5.41, 5.74) is 1.90. The van der Waals surface area contributed by atoms with Gasteiger partial charge in [-0.05, 0) is 44.1 Å². The van der Waals surface area contributed by atoms with E-state index in [9.17, 15) is 4.39 Å². The topological polar surface area (TPSA) is 24.5 Å². The van der Waals surface area contributed by atoms with Crippen LogP contribution < -0.4 is 10.1 Å². The molecule has 0 spiro atoms. The third-order valence-electron chi connectivity index (χ3n) is 4.97. The maximum absolute atomic E-state index is 13.2. The fraction of sp³-hybridized carbons (Fsp3) is 0.429. The van der Waals surface area contributed by atoms with Gasteiger partial charge in [-0.3, -0.25) is 4.90 Å². The molecule has 0 amide bonds. The molecular formula is C21H26ClFN2O. The number of likely N-dealkylation sites (N-methyl/N-ethyl adjacent to an activating group) is 1. The zero-order valence-electron chi connectivity index (χ0n) is 15.2. The van der Waals surface area contributed by atoms with Crippen molar-refractivity contribution in [3.63, 3.8) is 0 Å². The lowest BCUT2D eigenvalue weighted by molar-refractivity contribution is 0.259. The van der Waals surface area contributed by atoms with E-state index < -0.39 is 0 Å². The van der Waals surface area contributed by atoms with Crippen LogP contribution in [-0.2, 0) is 13.2 Å². The molecule has 1 heterocycles. The normalized spacial score (nSPS) is 17.6. The smallest absolute Gasteiger partial charge is 0.124 e. The predicted octanol–water partition coefficient (Wildman–Crippen LogP) is 4.63. The summed E-state index contributed by atoms with van der Waals surface area (Å²) in [5, 5.41) is 3.96. The highest BCUT2D eigenvalue weighted by atomic mass is 35.5. The lowest BCUT2D eigenvalue weighted by atomic mass is 10.1. The van der Waals surface area contributed by atoms with E-state index in [2.05, 4.69) is 23.2 Å². The number of nitrogens with zero attached hydrogens (tertiary/aromatic N) is 1. The quantitative estimate of drug-likeness (QED) is 0.726. The molecule has 1 saturated heterocycles. The van der Waals surface area contributed by atoms with Crippen LogP contribution >= 0.6 is 11.6 Å². The monoisotopic (exact) mass is 376 g/mol. The Hall–Kier alpha value is -1.62. The molecule has 0 radical (unpaired) electrons. The van der Waals surface area contributed by atoms with Gasteiger partial charge in [0.15, 0.2) is 0 Å². The number of benzene rings is 2. The first kappa shape index (κ1) is 19.2. The Morgan fingerprint density at radius 3 is 2.88 bits per heavy atom. The molecule has 0 aliphatic carbocycles. The third-order valence-corrected chi connectivity index (χ3v) is 5.32. The molecule has 0 aromatic heterocycles. The second-order valence-electron chi connectivity index (χ2n) is 6.69. The van der Waals surface area contributed by atoms with Crippen molar-refractivity contribution in [2.45, 2.75) is 39.0 Å². The van der Waals surface area contributed by atoms with Gasteiger partial charge in [-0.2, -0.15) is 0 Å². The highest BCUT2D eigenvalue weighted by Gasteiger charge is 2.22. The summed E-state index contributed by atoms with van der Waals surface area (Å²) < 4.78 is 19.1. The molecule has 0 saturated carbocycles. The number of hydrogen-bond acceptors (Lipinski definition) is 3. The Labute approximate surface area is 160 Å². The van der Waals surface area contributed by atoms with E-state index in [1.54, 1.807) is 6.07 Å². The number of halogens is 2. The van der Waals surface area contributed by atoms with Crippen molar-refractivity contribution in [1.82, 2.24) is 10.2 Å². The average Bonchev–Trinajstić information content (AvgIpc) is 3.09. The van der Waals surface area contributed by atoms with E-state index in [0.29, 0.717) is 17.7 Å². The molecule has 3 nitrogen and oxygen atoms in total. The summed E-state index contributed by atoms with van der Waals surface area (Å²) >= 11 is 6.08. The summed E-state index contributed by atoms with van der Waals surface area (Å²) in [6, 6.07) is 13.0. The van der Waals surface area contributed by atoms with Crippen molar-refractivity contribution in [3.05, 3.63) is 64.4 Å². The average molecular weight is 377 g/mol. The third kappa shape index (κ3) is 4.97. The number of rotatable bonds is 8. The molecular weight excluding hydrogens is 351 g/mol. The molecule has 1 atom stereocenters. The van der Waals surface area contributed by atoms with E-state index in [4.69, 9.17) is 16.3 Å². The Morgan fingerprint density at radius 1 is 1.23 bits per heavy atom. The number of para-hydroxylation sites is 1. The molecule has 1 aliphatic rings. The van der Waals surface area contributed by atoms with Gasteiger partial charge in [0.2, 0.25) is 0 Å². The van der Waals surface area contributed by atoms with Crippen LogP contribution in [0.3, 0.4) is 0 Å². The summed E-state index contributed by atoms with van der Waals surface area (Å²) in [6.45, 7) is 6.63. The molecule has 0 bridgehead atoms. The summed E-state index contributed by atoms with van der Waals surface area (Å²) in [5.74, 6) is 0.496. The lowest BCUT2D eigenvalue weighted by Crippen LogP contribution is -2.37. The van der Waals surface area contributed by atoms with Crippen molar-refractivity contribution < 1.29 is 9.13 Å². The van der Waals surface area contributed by atoms with Crippen molar-refractivity contribution in [3.8, 4) is 5.75 Å². The van der Waals surface area contributed by atoms with Crippen LogP contribution in [0, 0.1) is 5.82 Å². The Kier molecular flexibility index (Phi) is 6.89. The minimum absolute atomic E-state index is 0.322. The van der Waals surface area contributed by atoms with E-state index in [-0.39, 0.29) is 5.82 Å². The Morgan fingerprint density at radius 2 is 2.08 bits per heavy atom. The van der Waals surface area contributed by atoms with Crippen molar-refractivity contribution >= 4 is 11.6 Å². The molecule has 5 heteroatoms. The maximum atomic E-state index is 13.2. The van der Waals surface area contributed by atoms with Crippen LogP contribution in [-0.4, -0.2) is 30.6 Å². The van der Waals surface area contributed by atoms with Crippen molar-refractivity contribution in [2.75, 3.05) is 19.6 Å². The number of likely N-dealkylation sites (tertiary alicyclic amines) is 1. The minimum atomic E-state index is -0.337. The van der Waals surface area contributed by atoms with Gasteiger partial charge in [0.1, 0.15) is 18.2 Å². The second-order valence-corrected chi connectivity index (χ2v) is 7.09. The molecule has 3 rings (SSSR count). The molecule has 0 unspecified atom stereocenters. The number of nitrogens with one attached hydrogen (secondary N) is 1. The standard InChI is InChI=1S/C21H26ClFN2O/c1-2-25-11-5-7-19(25)14-24-13-16-6-3-4-8-21(16)26-15-17-9-10-18(23)12-20(17)22/h3-4,6,8-10,12,19,24H,2,5,7,11,13-15H2,1H3/t19-/m0/s1. The Bertz CT molecular complexity index is 725. The largest absolute Gasteiger partial charge is 0.489 e. The molecule has 1 aliphatic heterocycles. The summed E-state index contributed by atoms with van der Waals surface area (Å²) in [7, 11) is 0. The fourth-order valence-electron chi connectivity index (χ4n) is 3.50. The first-order valence-electron chi connectivity index (χ1n) is 9.26. The van der Waals surface area contributed by atoms with E-state index in [1.165, 1.54) is 31.5 Å². The zero-order chi connectivity index (χ0) is 18.4. The van der Waals surface area contributed by atoms with Crippen LogP contribution in [0.2, 0.25) is 5.02 Å². The van der Waals surface area contributed by atoms with E-state index in [1.807, 2.05) is 18.2 Å². The van der Waals surface area contributed by atoms with Gasteiger partial charge in [0.05, 0.1) is 5.02 Å². The van der Waals surface area contributed by atoms with Crippen LogP contribution in [0.15, 0.2) is 42.5 Å². The SMILES string of the molecule is CCN1CCC[C@H]1CNCc1ccccc1OCc1ccc(F)cc1Cl. The number of ether oxygens (including phenoxy) is 1. The van der Waals surface area contributed by atoms with Gasteiger partial charge in [0, 0.05) is 30.3 Å². The van der Waals surface area contributed by atoms with Gasteiger partial charge in [0.25, 0.3) is 0 Å². The van der Waals surface area contributed by atoms with E-state index in [0.717, 1.165) is 36.5 Å². The van der Waals surface area contributed by atoms with Gasteiger partial charge < -0.3 is 10.1 Å². The molecule has 140 valence electrons. The molecule has 26 heavy (non-hydrogen) atoms. The minimum Gasteiger partial charge on any atom is -0.489 e. The Balaban J connectivity index is 1.56. The van der Waals surface area contributed by atoms with Crippen molar-refractivity contribution in [1.29, 1.82) is 0 Å². The maximum Gasteiger partial charge on any atom is 0.124 e. The first-order valence-corrected chi connectivity index (χ1v) is 9.64. The van der Waals surface area contributed by atoms with Gasteiger partial charge >= 0.3 is 0 Å². The molecule has 1 fully saturated rings. The van der Waals surface area contributed by atoms with Crippen LogP contribution in [0.25, 0.3) is 0 Å². The summed E-state index contributed by atoms with van der Waals surface area (Å²) in [6.07, 6.45) is 2.56. The fourth-order valence-corrected chi connectivity index (χ4v) is 3.72. The van der Waals surface area contributed by atoms with Crippen LogP contribution in [0.5, 0.6) is 5.75 Å². The van der Waals surface area contributed by atoms with Crippen LogP contribution in [0.4, 0.5) is 4.39 Å². The second kappa shape index (κ2) is 9.36. The predicted molar refractivity (Wildman–Crippen MR) is 104 cm³/mol. The van der Waals surface area contributed by atoms with Crippen molar-refractivity contribution in [2.24, 2.45) is 0 Å². The zero-order valence-corrected chi connectivity index (χ0v) is 15.9. The first-order chi connectivity index (χ1) is 12.7.